The van der Waals surface area contributed by atoms with Gasteiger partial charge in [0.05, 0.1) is 13.2 Å². The van der Waals surface area contributed by atoms with Crippen LogP contribution in [0.4, 0.5) is 0 Å². The molecular weight excluding hydrogens is 1190 g/mol. The Labute approximate surface area is 585 Å². The fourth-order valence-electron chi connectivity index (χ4n) is 10.7. The summed E-state index contributed by atoms with van der Waals surface area (Å²) in [6.07, 6.45) is 115. The topological polar surface area (TPSA) is 134 Å². The van der Waals surface area contributed by atoms with Crippen LogP contribution in [0.2, 0.25) is 0 Å². The van der Waals surface area contributed by atoms with Gasteiger partial charge in [-0.3, -0.25) is 18.6 Å². The Morgan fingerprint density at radius 3 is 0.811 bits per heavy atom. The predicted molar refractivity (Wildman–Crippen MR) is 413 cm³/mol. The van der Waals surface area contributed by atoms with Crippen molar-refractivity contribution in [2.24, 2.45) is 5.73 Å². The minimum Gasteiger partial charge on any atom is -0.462 e. The molecule has 0 amide bonds. The predicted octanol–water partition coefficient (Wildman–Crippen LogP) is 26.3. The fraction of sp³-hybridized carbons (Fsp3) is 0.671. The highest BCUT2D eigenvalue weighted by atomic mass is 31.2. The number of hydrogen-bond donors (Lipinski definition) is 2. The van der Waals surface area contributed by atoms with Gasteiger partial charge in [-0.25, -0.2) is 4.57 Å². The van der Waals surface area contributed by atoms with Gasteiger partial charge in [0, 0.05) is 19.4 Å². The molecule has 0 rings (SSSR count). The maximum Gasteiger partial charge on any atom is 0.472 e. The Hall–Kier alpha value is -4.37. The van der Waals surface area contributed by atoms with Gasteiger partial charge in [-0.15, -0.1) is 0 Å². The van der Waals surface area contributed by atoms with Crippen LogP contribution in [0.15, 0.2) is 158 Å². The van der Waals surface area contributed by atoms with E-state index in [2.05, 4.69) is 172 Å². The summed E-state index contributed by atoms with van der Waals surface area (Å²) in [5.74, 6) is -0.830. The molecule has 0 aliphatic heterocycles. The lowest BCUT2D eigenvalue weighted by Crippen LogP contribution is -2.29. The third kappa shape index (κ3) is 78.5. The first-order valence-corrected chi connectivity index (χ1v) is 40.5. The summed E-state index contributed by atoms with van der Waals surface area (Å²) in [5, 5.41) is 0. The van der Waals surface area contributed by atoms with Crippen molar-refractivity contribution < 1.29 is 37.6 Å². The Kier molecular flexibility index (Phi) is 75.0. The van der Waals surface area contributed by atoms with E-state index in [0.29, 0.717) is 6.42 Å². The maximum absolute atomic E-state index is 12.8. The number of nitrogens with two attached hydrogens (primary N) is 1. The lowest BCUT2D eigenvalue weighted by molar-refractivity contribution is -0.161. The van der Waals surface area contributed by atoms with Gasteiger partial charge in [-0.2, -0.15) is 0 Å². The highest BCUT2D eigenvalue weighted by Gasteiger charge is 2.26. The summed E-state index contributed by atoms with van der Waals surface area (Å²) in [6.45, 7) is 3.53. The van der Waals surface area contributed by atoms with E-state index in [1.165, 1.54) is 173 Å². The molecule has 0 saturated heterocycles. The number of hydrogen-bond acceptors (Lipinski definition) is 8. The second-order valence-electron chi connectivity index (χ2n) is 25.5. The monoisotopic (exact) mass is 1340 g/mol. The molecule has 0 spiro atoms. The average Bonchev–Trinajstić information content (AvgIpc) is 2.64. The number of allylic oxidation sites excluding steroid dienone is 26. The third-order valence-corrected chi connectivity index (χ3v) is 17.4. The van der Waals surface area contributed by atoms with Crippen molar-refractivity contribution in [3.05, 3.63) is 158 Å². The number of phosphoric ester groups is 1. The van der Waals surface area contributed by atoms with E-state index in [9.17, 15) is 19.0 Å². The summed E-state index contributed by atoms with van der Waals surface area (Å²) in [7, 11) is -4.41. The number of esters is 2. The largest absolute Gasteiger partial charge is 0.472 e. The van der Waals surface area contributed by atoms with Crippen molar-refractivity contribution in [2.75, 3.05) is 26.4 Å². The summed E-state index contributed by atoms with van der Waals surface area (Å²) in [6, 6.07) is 0. The van der Waals surface area contributed by atoms with Gasteiger partial charge in [-0.1, -0.05) is 358 Å². The van der Waals surface area contributed by atoms with E-state index in [1.807, 2.05) is 0 Å². The van der Waals surface area contributed by atoms with Gasteiger partial charge >= 0.3 is 19.8 Å². The number of ether oxygens (including phenoxy) is 2. The standard InChI is InChI=1S/C85H144NO8P/c1-3-5-7-9-11-13-15-17-19-21-23-25-27-29-31-33-35-37-39-41-43-45-47-49-51-53-55-57-59-61-63-65-67-69-71-73-75-77-84(87)91-81-83(82-93-95(89,90)92-80-79-86)94-85(88)78-76-74-72-70-68-66-64-62-60-58-56-54-52-50-48-46-44-42-40-38-36-34-32-30-28-26-24-22-20-18-16-14-12-10-8-6-4-2/h5-8,11-14,17-20,23-26,30,32,36,38,42,44,48,50,54,56,83H,3-4,9-10,15-16,21-22,27-29,31,33-35,37,39-41,43,45-47,49,51-53,55,57-82,86H2,1-2H3,(H,89,90)/b7-5-,8-6-,13-11-,14-12-,19-17-,20-18-,25-23-,26-24-,32-30-,38-36-,44-42-,50-48-,56-54-. The van der Waals surface area contributed by atoms with Crippen molar-refractivity contribution in [1.29, 1.82) is 0 Å². The first kappa shape index (κ1) is 90.6. The summed E-state index contributed by atoms with van der Waals surface area (Å²) in [4.78, 5) is 35.5. The minimum atomic E-state index is -4.41. The van der Waals surface area contributed by atoms with E-state index >= 15 is 0 Å². The molecule has 0 aromatic heterocycles. The second-order valence-corrected chi connectivity index (χ2v) is 26.9. The molecule has 0 radical (unpaired) electrons. The number of phosphoric acid groups is 1. The molecule has 0 aromatic carbocycles. The quantitative estimate of drug-likeness (QED) is 0.0264. The Morgan fingerprint density at radius 2 is 0.547 bits per heavy atom. The van der Waals surface area contributed by atoms with Crippen LogP contribution >= 0.6 is 7.82 Å². The molecule has 0 aliphatic carbocycles. The van der Waals surface area contributed by atoms with Crippen molar-refractivity contribution in [3.63, 3.8) is 0 Å². The molecule has 2 unspecified atom stereocenters. The summed E-state index contributed by atoms with van der Waals surface area (Å²) >= 11 is 0. The first-order valence-electron chi connectivity index (χ1n) is 39.0. The van der Waals surface area contributed by atoms with Crippen LogP contribution in [0.25, 0.3) is 0 Å². The van der Waals surface area contributed by atoms with Gasteiger partial charge in [0.1, 0.15) is 6.61 Å². The van der Waals surface area contributed by atoms with E-state index in [0.717, 1.165) is 128 Å². The van der Waals surface area contributed by atoms with Crippen LogP contribution in [0.5, 0.6) is 0 Å². The number of carbonyl (C=O) groups is 2. The minimum absolute atomic E-state index is 0.0472. The highest BCUT2D eigenvalue weighted by molar-refractivity contribution is 7.47. The average molecular weight is 1340 g/mol. The lowest BCUT2D eigenvalue weighted by Gasteiger charge is -2.19. The van der Waals surface area contributed by atoms with Crippen LogP contribution in [0, 0.1) is 0 Å². The van der Waals surface area contributed by atoms with Gasteiger partial charge in [0.2, 0.25) is 0 Å². The Bertz CT molecular complexity index is 2120. The van der Waals surface area contributed by atoms with Gasteiger partial charge < -0.3 is 20.1 Å². The van der Waals surface area contributed by atoms with Crippen molar-refractivity contribution in [3.8, 4) is 0 Å². The molecule has 0 heterocycles. The fourth-order valence-corrected chi connectivity index (χ4v) is 11.5. The molecule has 0 saturated carbocycles. The van der Waals surface area contributed by atoms with Gasteiger partial charge in [0.25, 0.3) is 0 Å². The Balaban J connectivity index is 3.87. The third-order valence-electron chi connectivity index (χ3n) is 16.4. The highest BCUT2D eigenvalue weighted by Crippen LogP contribution is 2.43. The molecule has 9 nitrogen and oxygen atoms in total. The molecule has 542 valence electrons. The van der Waals surface area contributed by atoms with E-state index < -0.39 is 26.5 Å². The smallest absolute Gasteiger partial charge is 0.462 e. The van der Waals surface area contributed by atoms with E-state index in [4.69, 9.17) is 24.3 Å². The molecule has 2 atom stereocenters. The molecule has 0 fully saturated rings. The van der Waals surface area contributed by atoms with Crippen LogP contribution < -0.4 is 5.73 Å². The van der Waals surface area contributed by atoms with Crippen molar-refractivity contribution in [1.82, 2.24) is 0 Å². The molecule has 0 bridgehead atoms. The second kappa shape index (κ2) is 78.6. The Morgan fingerprint density at radius 1 is 0.316 bits per heavy atom. The van der Waals surface area contributed by atoms with E-state index in [-0.39, 0.29) is 38.6 Å². The molecule has 95 heavy (non-hydrogen) atoms. The SMILES string of the molecule is CC/C=C\C/C=C\C/C=C\C/C=C\C/C=C\C/C=C\C/C=C\C/C=C\C/C=C\CCCCCCCCCCCC(=O)OC(COC(=O)CCCCCCCCCCCCCCCCCCCCCCCCCC/C=C\C/C=C\C/C=C\C/C=C\CC)COP(=O)(O)OCCN. The molecule has 0 aromatic rings. The van der Waals surface area contributed by atoms with Gasteiger partial charge in [-0.05, 0) is 122 Å². The molecule has 0 aliphatic rings. The first-order chi connectivity index (χ1) is 46.8. The summed E-state index contributed by atoms with van der Waals surface area (Å²) < 4.78 is 33.3. The zero-order valence-corrected chi connectivity index (χ0v) is 62.0. The van der Waals surface area contributed by atoms with Crippen LogP contribution in [0.3, 0.4) is 0 Å². The zero-order chi connectivity index (χ0) is 68.6. The lowest BCUT2D eigenvalue weighted by atomic mass is 10.0. The molecular formula is C85H144NO8P. The van der Waals surface area contributed by atoms with Crippen molar-refractivity contribution >= 4 is 19.8 Å². The van der Waals surface area contributed by atoms with Crippen LogP contribution in [0.1, 0.15) is 335 Å². The molecule has 3 N–H and O–H groups in total. The number of carbonyl (C=O) groups excluding carboxylic acids is 2. The summed E-state index contributed by atoms with van der Waals surface area (Å²) in [5.41, 5.74) is 5.41. The normalized spacial score (nSPS) is 13.8. The number of rotatable bonds is 72. The van der Waals surface area contributed by atoms with Crippen LogP contribution in [-0.2, 0) is 32.7 Å². The van der Waals surface area contributed by atoms with Gasteiger partial charge in [0.15, 0.2) is 6.10 Å². The zero-order valence-electron chi connectivity index (χ0n) is 61.1. The maximum atomic E-state index is 12.8. The van der Waals surface area contributed by atoms with E-state index in [1.54, 1.807) is 0 Å². The molecule has 10 heteroatoms. The number of unbranched alkanes of at least 4 members (excludes halogenated alkanes) is 33. The van der Waals surface area contributed by atoms with Crippen LogP contribution in [-0.4, -0.2) is 49.3 Å². The van der Waals surface area contributed by atoms with Crippen molar-refractivity contribution in [2.45, 2.75) is 341 Å².